The van der Waals surface area contributed by atoms with Crippen LogP contribution in [0.25, 0.3) is 11.4 Å². The van der Waals surface area contributed by atoms with E-state index >= 15 is 0 Å². The number of hydrogen-bond donors (Lipinski definition) is 2. The SMILES string of the molecule is C=CCOC(=O)c1sc(N2C(=O)C(=O)C(=C(O)c3c(C)nc4ccccn34)C2c2ccc(O)c(OC)c2)nc1C. The minimum atomic E-state index is -1.18. The summed E-state index contributed by atoms with van der Waals surface area (Å²) in [6.07, 6.45) is 3.11. The Morgan fingerprint density at radius 1 is 1.18 bits per heavy atom. The van der Waals surface area contributed by atoms with Crippen LogP contribution >= 0.6 is 11.3 Å². The number of rotatable bonds is 7. The van der Waals surface area contributed by atoms with Crippen LogP contribution in [0.3, 0.4) is 0 Å². The summed E-state index contributed by atoms with van der Waals surface area (Å²) >= 11 is 0.880. The van der Waals surface area contributed by atoms with Crippen molar-refractivity contribution in [1.82, 2.24) is 14.4 Å². The second-order valence-corrected chi connectivity index (χ2v) is 9.85. The average Bonchev–Trinajstić information content (AvgIpc) is 3.57. The molecule has 0 radical (unpaired) electrons. The Hall–Kier alpha value is -4.97. The largest absolute Gasteiger partial charge is 0.505 e. The Morgan fingerprint density at radius 3 is 2.67 bits per heavy atom. The molecule has 4 aromatic rings. The molecule has 40 heavy (non-hydrogen) atoms. The highest BCUT2D eigenvalue weighted by molar-refractivity contribution is 7.17. The third-order valence-corrected chi connectivity index (χ3v) is 7.54. The molecule has 11 nitrogen and oxygen atoms in total. The smallest absolute Gasteiger partial charge is 0.350 e. The predicted molar refractivity (Wildman–Crippen MR) is 147 cm³/mol. The van der Waals surface area contributed by atoms with Gasteiger partial charge in [-0.05, 0) is 43.7 Å². The third kappa shape index (κ3) is 4.28. The number of benzene rings is 1. The summed E-state index contributed by atoms with van der Waals surface area (Å²) in [6, 6.07) is 8.44. The van der Waals surface area contributed by atoms with Gasteiger partial charge in [-0.1, -0.05) is 36.1 Å². The van der Waals surface area contributed by atoms with Crippen LogP contribution in [-0.2, 0) is 14.3 Å². The quantitative estimate of drug-likeness (QED) is 0.112. The van der Waals surface area contributed by atoms with Gasteiger partial charge in [0.2, 0.25) is 0 Å². The van der Waals surface area contributed by atoms with E-state index < -0.39 is 29.5 Å². The molecule has 1 atom stereocenters. The molecule has 3 aromatic heterocycles. The first kappa shape index (κ1) is 26.6. The normalized spacial score (nSPS) is 16.5. The zero-order valence-corrected chi connectivity index (χ0v) is 22.6. The first-order valence-electron chi connectivity index (χ1n) is 12.0. The van der Waals surface area contributed by atoms with Crippen LogP contribution in [0.1, 0.15) is 38.4 Å². The maximum Gasteiger partial charge on any atom is 0.350 e. The molecule has 0 aliphatic carbocycles. The number of carbonyl (C=O) groups excluding carboxylic acids is 3. The molecule has 1 saturated heterocycles. The van der Waals surface area contributed by atoms with Gasteiger partial charge in [0.15, 0.2) is 22.4 Å². The van der Waals surface area contributed by atoms with Crippen molar-refractivity contribution in [3.63, 3.8) is 0 Å². The number of aromatic hydroxyl groups is 1. The molecule has 1 amide bonds. The van der Waals surface area contributed by atoms with Crippen molar-refractivity contribution in [2.24, 2.45) is 0 Å². The number of anilines is 1. The molecule has 1 aliphatic heterocycles. The van der Waals surface area contributed by atoms with Crippen LogP contribution in [0.2, 0.25) is 0 Å². The predicted octanol–water partition coefficient (Wildman–Crippen LogP) is 4.09. The number of amides is 1. The molecule has 0 bridgehead atoms. The van der Waals surface area contributed by atoms with Crippen molar-refractivity contribution < 1.29 is 34.1 Å². The highest BCUT2D eigenvalue weighted by Crippen LogP contribution is 2.45. The summed E-state index contributed by atoms with van der Waals surface area (Å²) in [6.45, 7) is 6.78. The zero-order valence-electron chi connectivity index (χ0n) is 21.7. The van der Waals surface area contributed by atoms with Gasteiger partial charge in [-0.3, -0.25) is 18.9 Å². The number of hydrogen-bond acceptors (Lipinski definition) is 10. The summed E-state index contributed by atoms with van der Waals surface area (Å²) in [5.74, 6) is -3.06. The minimum absolute atomic E-state index is 0.0119. The number of aryl methyl sites for hydroxylation is 2. The third-order valence-electron chi connectivity index (χ3n) is 6.40. The van der Waals surface area contributed by atoms with Crippen LogP contribution in [0, 0.1) is 13.8 Å². The van der Waals surface area contributed by atoms with Gasteiger partial charge in [0.25, 0.3) is 5.78 Å². The van der Waals surface area contributed by atoms with Gasteiger partial charge in [-0.25, -0.2) is 14.8 Å². The molecular formula is C28H24N4O7S. The minimum Gasteiger partial charge on any atom is -0.505 e. The van der Waals surface area contributed by atoms with Crippen LogP contribution in [0.4, 0.5) is 5.13 Å². The summed E-state index contributed by atoms with van der Waals surface area (Å²) in [4.78, 5) is 49.9. The summed E-state index contributed by atoms with van der Waals surface area (Å²) in [7, 11) is 1.36. The van der Waals surface area contributed by atoms with Crippen molar-refractivity contribution in [2.75, 3.05) is 18.6 Å². The fourth-order valence-corrected chi connectivity index (χ4v) is 5.60. The van der Waals surface area contributed by atoms with E-state index in [9.17, 15) is 24.6 Å². The number of fused-ring (bicyclic) bond motifs is 1. The summed E-state index contributed by atoms with van der Waals surface area (Å²) < 4.78 is 12.0. The molecule has 1 aliphatic rings. The van der Waals surface area contributed by atoms with E-state index in [1.807, 2.05) is 0 Å². The fraction of sp³-hybridized carbons (Fsp3) is 0.179. The number of aliphatic hydroxyl groups excluding tert-OH is 1. The van der Waals surface area contributed by atoms with Gasteiger partial charge in [0.1, 0.15) is 22.8 Å². The van der Waals surface area contributed by atoms with Crippen LogP contribution < -0.4 is 9.64 Å². The number of ketones is 1. The molecular weight excluding hydrogens is 536 g/mol. The molecule has 12 heteroatoms. The van der Waals surface area contributed by atoms with Crippen molar-refractivity contribution in [3.05, 3.63) is 88.3 Å². The van der Waals surface area contributed by atoms with E-state index in [-0.39, 0.29) is 39.4 Å². The van der Waals surface area contributed by atoms with Gasteiger partial charge in [-0.2, -0.15) is 0 Å². The molecule has 0 saturated carbocycles. The highest BCUT2D eigenvalue weighted by Gasteiger charge is 2.49. The number of nitrogens with zero attached hydrogens (tertiary/aromatic N) is 4. The Balaban J connectivity index is 1.74. The van der Waals surface area contributed by atoms with Crippen LogP contribution in [-0.4, -0.2) is 56.0 Å². The Kier molecular flexibility index (Phi) is 6.86. The molecule has 4 heterocycles. The molecule has 1 aromatic carbocycles. The summed E-state index contributed by atoms with van der Waals surface area (Å²) in [5, 5.41) is 21.9. The lowest BCUT2D eigenvalue weighted by atomic mass is 9.96. The first-order chi connectivity index (χ1) is 19.2. The molecule has 2 N–H and O–H groups in total. The standard InChI is InChI=1S/C28H24N4O7S/c1-5-12-39-27(37)25-15(3)30-28(40-25)32-22(16-9-10-17(33)18(13-16)38-4)20(24(35)26(32)36)23(34)21-14(2)29-19-8-6-7-11-31(19)21/h5-11,13,22,33-34H,1,12H2,2-4H3. The number of thiazole rings is 1. The Bertz CT molecular complexity index is 1740. The van der Waals surface area contributed by atoms with Crippen molar-refractivity contribution >= 4 is 45.5 Å². The second-order valence-electron chi connectivity index (χ2n) is 8.87. The number of Topliss-reactive ketones (excluding diaryl/α,β-unsaturated/α-hetero) is 1. The second kappa shape index (κ2) is 10.3. The molecule has 5 rings (SSSR count). The van der Waals surface area contributed by atoms with Crippen molar-refractivity contribution in [3.8, 4) is 11.5 Å². The van der Waals surface area contributed by atoms with E-state index in [1.54, 1.807) is 42.6 Å². The molecule has 1 fully saturated rings. The first-order valence-corrected chi connectivity index (χ1v) is 12.9. The van der Waals surface area contributed by atoms with Crippen LogP contribution in [0.15, 0.2) is 60.8 Å². The maximum absolute atomic E-state index is 13.6. The number of aliphatic hydroxyl groups is 1. The lowest BCUT2D eigenvalue weighted by molar-refractivity contribution is -0.132. The number of phenolic OH excluding ortho intramolecular Hbond substituents is 1. The number of methoxy groups -OCH3 is 1. The van der Waals surface area contributed by atoms with Gasteiger partial charge in [0.05, 0.1) is 30.1 Å². The van der Waals surface area contributed by atoms with E-state index in [4.69, 9.17) is 9.47 Å². The van der Waals surface area contributed by atoms with Crippen molar-refractivity contribution in [1.29, 1.82) is 0 Å². The van der Waals surface area contributed by atoms with Crippen molar-refractivity contribution in [2.45, 2.75) is 19.9 Å². The number of ether oxygens (including phenoxy) is 2. The molecule has 204 valence electrons. The molecule has 1 unspecified atom stereocenters. The lowest BCUT2D eigenvalue weighted by Gasteiger charge is -2.23. The lowest BCUT2D eigenvalue weighted by Crippen LogP contribution is -2.29. The Labute approximate surface area is 232 Å². The fourth-order valence-electron chi connectivity index (χ4n) is 4.61. The van der Waals surface area contributed by atoms with E-state index in [1.165, 1.54) is 31.4 Å². The van der Waals surface area contributed by atoms with Gasteiger partial charge in [0, 0.05) is 6.20 Å². The summed E-state index contributed by atoms with van der Waals surface area (Å²) in [5.41, 5.74) is 1.66. The number of imidazole rings is 1. The number of aromatic nitrogens is 3. The molecule has 0 spiro atoms. The monoisotopic (exact) mass is 560 g/mol. The zero-order chi connectivity index (χ0) is 28.7. The number of carbonyl (C=O) groups is 3. The van der Waals surface area contributed by atoms with E-state index in [0.29, 0.717) is 22.6 Å². The number of esters is 1. The topological polar surface area (TPSA) is 144 Å². The van der Waals surface area contributed by atoms with Crippen LogP contribution in [0.5, 0.6) is 11.5 Å². The van der Waals surface area contributed by atoms with E-state index in [0.717, 1.165) is 16.2 Å². The van der Waals surface area contributed by atoms with E-state index in [2.05, 4.69) is 16.5 Å². The number of phenols is 1. The number of pyridine rings is 1. The average molecular weight is 561 g/mol. The van der Waals surface area contributed by atoms with Gasteiger partial charge in [-0.15, -0.1) is 0 Å². The van der Waals surface area contributed by atoms with Gasteiger partial charge >= 0.3 is 11.9 Å². The maximum atomic E-state index is 13.6. The highest BCUT2D eigenvalue weighted by atomic mass is 32.1. The van der Waals surface area contributed by atoms with Gasteiger partial charge < -0.3 is 19.7 Å². The Morgan fingerprint density at radius 2 is 1.95 bits per heavy atom.